The number of aromatic nitrogens is 1. The van der Waals surface area contributed by atoms with Crippen LogP contribution in [0.5, 0.6) is 0 Å². The van der Waals surface area contributed by atoms with Crippen LogP contribution in [0.2, 0.25) is 0 Å². The van der Waals surface area contributed by atoms with Crippen LogP contribution in [0, 0.1) is 5.82 Å². The van der Waals surface area contributed by atoms with E-state index in [2.05, 4.69) is 26.3 Å². The molecule has 0 bridgehead atoms. The van der Waals surface area contributed by atoms with E-state index >= 15 is 0 Å². The zero-order chi connectivity index (χ0) is 12.3. The highest BCUT2D eigenvalue weighted by molar-refractivity contribution is 9.10. The number of nitrogens with two attached hydrogens (primary N) is 1. The lowest BCUT2D eigenvalue weighted by molar-refractivity contribution is 0.520. The number of thiazole rings is 1. The molecule has 0 aliphatic carbocycles. The molecule has 1 atom stereocenters. The number of halogens is 2. The molecule has 6 heteroatoms. The van der Waals surface area contributed by atoms with Crippen LogP contribution in [0.3, 0.4) is 0 Å². The SMILES string of the molecule is NNC(Cc1ccc(Br)cc1F)c1cscn1. The third kappa shape index (κ3) is 3.10. The van der Waals surface area contributed by atoms with Gasteiger partial charge in [0.1, 0.15) is 5.82 Å². The molecule has 1 aromatic carbocycles. The number of hydrazine groups is 1. The van der Waals surface area contributed by atoms with Gasteiger partial charge in [0.25, 0.3) is 0 Å². The van der Waals surface area contributed by atoms with Crippen molar-refractivity contribution in [1.82, 2.24) is 10.4 Å². The van der Waals surface area contributed by atoms with E-state index in [9.17, 15) is 4.39 Å². The second-order valence-electron chi connectivity index (χ2n) is 3.57. The second kappa shape index (κ2) is 5.68. The predicted molar refractivity (Wildman–Crippen MR) is 70.0 cm³/mol. The lowest BCUT2D eigenvalue weighted by atomic mass is 10.0. The average molecular weight is 316 g/mol. The van der Waals surface area contributed by atoms with Gasteiger partial charge in [0.05, 0.1) is 17.2 Å². The molecule has 3 N–H and O–H groups in total. The first kappa shape index (κ1) is 12.6. The Bertz CT molecular complexity index is 489. The maximum Gasteiger partial charge on any atom is 0.127 e. The normalized spacial score (nSPS) is 12.6. The van der Waals surface area contributed by atoms with Crippen LogP contribution in [0.15, 0.2) is 33.6 Å². The van der Waals surface area contributed by atoms with Gasteiger partial charge in [-0.15, -0.1) is 11.3 Å². The molecule has 2 aromatic rings. The minimum Gasteiger partial charge on any atom is -0.271 e. The van der Waals surface area contributed by atoms with Crippen molar-refractivity contribution in [2.75, 3.05) is 0 Å². The molecule has 0 saturated heterocycles. The van der Waals surface area contributed by atoms with E-state index < -0.39 is 0 Å². The summed E-state index contributed by atoms with van der Waals surface area (Å²) in [6.07, 6.45) is 0.472. The van der Waals surface area contributed by atoms with Crippen LogP contribution in [-0.2, 0) is 6.42 Å². The minimum absolute atomic E-state index is 0.170. The Kier molecular flexibility index (Phi) is 4.22. The molecule has 1 aromatic heterocycles. The molecule has 0 aliphatic heterocycles. The summed E-state index contributed by atoms with van der Waals surface area (Å²) in [5, 5.41) is 1.90. The van der Waals surface area contributed by atoms with Crippen LogP contribution in [0.4, 0.5) is 4.39 Å². The summed E-state index contributed by atoms with van der Waals surface area (Å²) >= 11 is 4.72. The molecule has 17 heavy (non-hydrogen) atoms. The van der Waals surface area contributed by atoms with Crippen molar-refractivity contribution in [1.29, 1.82) is 0 Å². The van der Waals surface area contributed by atoms with Gasteiger partial charge < -0.3 is 0 Å². The summed E-state index contributed by atoms with van der Waals surface area (Å²) in [7, 11) is 0. The third-order valence-electron chi connectivity index (χ3n) is 2.45. The van der Waals surface area contributed by atoms with E-state index in [1.807, 2.05) is 11.4 Å². The van der Waals surface area contributed by atoms with Gasteiger partial charge in [0.15, 0.2) is 0 Å². The minimum atomic E-state index is -0.241. The molecule has 0 saturated carbocycles. The van der Waals surface area contributed by atoms with Crippen LogP contribution < -0.4 is 11.3 Å². The molecule has 0 aliphatic rings. The maximum atomic E-state index is 13.7. The van der Waals surface area contributed by atoms with Gasteiger partial charge in [-0.25, -0.2) is 9.37 Å². The van der Waals surface area contributed by atoms with E-state index in [1.165, 1.54) is 17.4 Å². The van der Waals surface area contributed by atoms with Gasteiger partial charge in [-0.05, 0) is 24.1 Å². The number of nitrogens with one attached hydrogen (secondary N) is 1. The Morgan fingerprint density at radius 1 is 1.53 bits per heavy atom. The number of hydrogen-bond donors (Lipinski definition) is 2. The Balaban J connectivity index is 2.19. The lowest BCUT2D eigenvalue weighted by Crippen LogP contribution is -2.30. The molecule has 3 nitrogen and oxygen atoms in total. The van der Waals surface area contributed by atoms with Gasteiger partial charge in [-0.1, -0.05) is 22.0 Å². The average Bonchev–Trinajstić information content (AvgIpc) is 2.81. The molecular formula is C11H11BrFN3S. The molecule has 0 amide bonds. The molecule has 1 unspecified atom stereocenters. The maximum absolute atomic E-state index is 13.7. The number of rotatable bonds is 4. The Hall–Kier alpha value is -0.820. The number of benzene rings is 1. The van der Waals surface area contributed by atoms with Crippen molar-refractivity contribution in [3.63, 3.8) is 0 Å². The summed E-state index contributed by atoms with van der Waals surface area (Å²) < 4.78 is 14.4. The number of hydrogen-bond acceptors (Lipinski definition) is 4. The summed E-state index contributed by atoms with van der Waals surface area (Å²) in [4.78, 5) is 4.18. The standard InChI is InChI=1S/C11H11BrFN3S/c12-8-2-1-7(9(13)4-8)3-10(16-14)11-5-17-6-15-11/h1-2,4-6,10,16H,3,14H2. The summed E-state index contributed by atoms with van der Waals surface area (Å²) in [6, 6.07) is 4.84. The van der Waals surface area contributed by atoms with Crippen LogP contribution >= 0.6 is 27.3 Å². The Morgan fingerprint density at radius 2 is 2.35 bits per heavy atom. The van der Waals surface area contributed by atoms with Crippen molar-refractivity contribution in [3.05, 3.63) is 50.6 Å². The zero-order valence-corrected chi connectivity index (χ0v) is 11.3. The van der Waals surface area contributed by atoms with Gasteiger partial charge in [-0.2, -0.15) is 0 Å². The molecule has 0 radical (unpaired) electrons. The topological polar surface area (TPSA) is 50.9 Å². The van der Waals surface area contributed by atoms with Gasteiger partial charge in [0.2, 0.25) is 0 Å². The summed E-state index contributed by atoms with van der Waals surface area (Å²) in [5.74, 6) is 5.23. The Morgan fingerprint density at radius 3 is 2.94 bits per heavy atom. The quantitative estimate of drug-likeness (QED) is 0.674. The van der Waals surface area contributed by atoms with Gasteiger partial charge in [-0.3, -0.25) is 11.3 Å². The van der Waals surface area contributed by atoms with Crippen molar-refractivity contribution in [3.8, 4) is 0 Å². The summed E-state index contributed by atoms with van der Waals surface area (Å²) in [5.41, 5.74) is 5.84. The fraction of sp³-hybridized carbons (Fsp3) is 0.182. The van der Waals surface area contributed by atoms with E-state index in [-0.39, 0.29) is 11.9 Å². The predicted octanol–water partition coefficient (Wildman–Crippen LogP) is 2.79. The fourth-order valence-electron chi connectivity index (χ4n) is 1.55. The van der Waals surface area contributed by atoms with Crippen molar-refractivity contribution < 1.29 is 4.39 Å². The molecular weight excluding hydrogens is 305 g/mol. The van der Waals surface area contributed by atoms with Gasteiger partial charge >= 0.3 is 0 Å². The smallest absolute Gasteiger partial charge is 0.127 e. The highest BCUT2D eigenvalue weighted by Gasteiger charge is 2.14. The highest BCUT2D eigenvalue weighted by atomic mass is 79.9. The van der Waals surface area contributed by atoms with E-state index in [0.29, 0.717) is 12.0 Å². The molecule has 90 valence electrons. The molecule has 1 heterocycles. The fourth-order valence-corrected chi connectivity index (χ4v) is 2.49. The molecule has 2 rings (SSSR count). The highest BCUT2D eigenvalue weighted by Crippen LogP contribution is 2.21. The molecule has 0 spiro atoms. The van der Waals surface area contributed by atoms with Crippen LogP contribution in [-0.4, -0.2) is 4.98 Å². The monoisotopic (exact) mass is 315 g/mol. The second-order valence-corrected chi connectivity index (χ2v) is 5.21. The van der Waals surface area contributed by atoms with E-state index in [4.69, 9.17) is 5.84 Å². The van der Waals surface area contributed by atoms with Crippen LogP contribution in [0.25, 0.3) is 0 Å². The lowest BCUT2D eigenvalue weighted by Gasteiger charge is -2.14. The van der Waals surface area contributed by atoms with Crippen molar-refractivity contribution >= 4 is 27.3 Å². The van der Waals surface area contributed by atoms with E-state index in [1.54, 1.807) is 11.6 Å². The summed E-state index contributed by atoms with van der Waals surface area (Å²) in [6.45, 7) is 0. The number of nitrogens with zero attached hydrogens (tertiary/aromatic N) is 1. The largest absolute Gasteiger partial charge is 0.271 e. The van der Waals surface area contributed by atoms with E-state index in [0.717, 1.165) is 10.2 Å². The zero-order valence-electron chi connectivity index (χ0n) is 8.86. The first-order chi connectivity index (χ1) is 8.20. The molecule has 0 fully saturated rings. The van der Waals surface area contributed by atoms with Crippen LogP contribution in [0.1, 0.15) is 17.3 Å². The van der Waals surface area contributed by atoms with Crippen molar-refractivity contribution in [2.45, 2.75) is 12.5 Å². The third-order valence-corrected chi connectivity index (χ3v) is 3.55. The Labute approximate surface area is 111 Å². The first-order valence-electron chi connectivity index (χ1n) is 4.99. The van der Waals surface area contributed by atoms with Gasteiger partial charge in [0, 0.05) is 9.85 Å². The first-order valence-corrected chi connectivity index (χ1v) is 6.72. The van der Waals surface area contributed by atoms with Crippen molar-refractivity contribution in [2.24, 2.45) is 5.84 Å².